The summed E-state index contributed by atoms with van der Waals surface area (Å²) in [5.41, 5.74) is 0.602. The van der Waals surface area contributed by atoms with Crippen LogP contribution in [0, 0.1) is 0 Å². The van der Waals surface area contributed by atoms with E-state index in [4.69, 9.17) is 13.9 Å². The molecule has 0 aliphatic rings. The van der Waals surface area contributed by atoms with Gasteiger partial charge in [-0.2, -0.15) is 0 Å². The van der Waals surface area contributed by atoms with E-state index in [0.29, 0.717) is 22.4 Å². The number of benzene rings is 2. The SMILES string of the molecule is COc1ccc(-c2c(CO)oc3cc(O)ccc3c2=O)c(OC)c1. The number of ether oxygens (including phenoxy) is 2. The van der Waals surface area contributed by atoms with E-state index in [9.17, 15) is 15.0 Å². The van der Waals surface area contributed by atoms with E-state index < -0.39 is 6.61 Å². The maximum atomic E-state index is 12.9. The monoisotopic (exact) mass is 328 g/mol. The van der Waals surface area contributed by atoms with E-state index in [0.717, 1.165) is 0 Å². The Morgan fingerprint density at radius 2 is 1.88 bits per heavy atom. The topological polar surface area (TPSA) is 89.1 Å². The average Bonchev–Trinajstić information content (AvgIpc) is 2.60. The van der Waals surface area contributed by atoms with Crippen molar-refractivity contribution in [1.29, 1.82) is 0 Å². The van der Waals surface area contributed by atoms with Crippen molar-refractivity contribution in [2.75, 3.05) is 14.2 Å². The summed E-state index contributed by atoms with van der Waals surface area (Å²) in [5.74, 6) is 1.08. The molecule has 1 heterocycles. The molecule has 0 radical (unpaired) electrons. The lowest BCUT2D eigenvalue weighted by Crippen LogP contribution is -2.10. The molecule has 0 aliphatic heterocycles. The Bertz CT molecular complexity index is 958. The molecule has 2 aromatic carbocycles. The Morgan fingerprint density at radius 1 is 1.08 bits per heavy atom. The van der Waals surface area contributed by atoms with Gasteiger partial charge in [0.25, 0.3) is 0 Å². The molecule has 24 heavy (non-hydrogen) atoms. The molecule has 0 spiro atoms. The summed E-state index contributed by atoms with van der Waals surface area (Å²) in [4.78, 5) is 12.9. The van der Waals surface area contributed by atoms with Crippen LogP contribution in [0.2, 0.25) is 0 Å². The standard InChI is InChI=1S/C18H16O6/c1-22-11-4-6-12(14(8-11)23-2)17-16(9-19)24-15-7-10(20)3-5-13(15)18(17)21/h3-8,19-20H,9H2,1-2H3. The minimum Gasteiger partial charge on any atom is -0.508 e. The Kier molecular flexibility index (Phi) is 4.14. The van der Waals surface area contributed by atoms with Crippen molar-refractivity contribution < 1.29 is 24.1 Å². The van der Waals surface area contributed by atoms with Gasteiger partial charge in [0.2, 0.25) is 5.43 Å². The van der Waals surface area contributed by atoms with Gasteiger partial charge < -0.3 is 24.1 Å². The highest BCUT2D eigenvalue weighted by molar-refractivity contribution is 5.85. The van der Waals surface area contributed by atoms with Gasteiger partial charge in [0, 0.05) is 17.7 Å². The molecule has 0 unspecified atom stereocenters. The van der Waals surface area contributed by atoms with Crippen molar-refractivity contribution in [1.82, 2.24) is 0 Å². The van der Waals surface area contributed by atoms with Crippen molar-refractivity contribution in [2.45, 2.75) is 6.61 Å². The highest BCUT2D eigenvalue weighted by atomic mass is 16.5. The van der Waals surface area contributed by atoms with Gasteiger partial charge in [0.1, 0.15) is 35.2 Å². The fourth-order valence-corrected chi connectivity index (χ4v) is 2.62. The van der Waals surface area contributed by atoms with Gasteiger partial charge in [0.05, 0.1) is 25.2 Å². The van der Waals surface area contributed by atoms with Gasteiger partial charge in [0.15, 0.2) is 0 Å². The third-order valence-electron chi connectivity index (χ3n) is 3.77. The van der Waals surface area contributed by atoms with E-state index in [1.165, 1.54) is 32.4 Å². The van der Waals surface area contributed by atoms with Crippen molar-refractivity contribution >= 4 is 11.0 Å². The second kappa shape index (κ2) is 6.25. The first-order valence-corrected chi connectivity index (χ1v) is 7.21. The van der Waals surface area contributed by atoms with E-state index in [-0.39, 0.29) is 28.1 Å². The van der Waals surface area contributed by atoms with Crippen LogP contribution in [0.4, 0.5) is 0 Å². The molecule has 0 aliphatic carbocycles. The van der Waals surface area contributed by atoms with Crippen LogP contribution in [0.25, 0.3) is 22.1 Å². The normalized spacial score (nSPS) is 10.8. The van der Waals surface area contributed by atoms with E-state index >= 15 is 0 Å². The Morgan fingerprint density at radius 3 is 2.54 bits per heavy atom. The molecule has 6 heteroatoms. The molecule has 0 bridgehead atoms. The van der Waals surface area contributed by atoms with Crippen molar-refractivity contribution in [3.63, 3.8) is 0 Å². The number of aliphatic hydroxyl groups is 1. The number of fused-ring (bicyclic) bond motifs is 1. The number of hydrogen-bond donors (Lipinski definition) is 2. The predicted octanol–water partition coefficient (Wildman–Crippen LogP) is 2.68. The van der Waals surface area contributed by atoms with Crippen LogP contribution in [0.15, 0.2) is 45.6 Å². The molecule has 1 aromatic heterocycles. The number of rotatable bonds is 4. The molecule has 6 nitrogen and oxygen atoms in total. The van der Waals surface area contributed by atoms with Crippen LogP contribution in [-0.2, 0) is 6.61 Å². The Labute approximate surface area is 137 Å². The zero-order chi connectivity index (χ0) is 17.3. The number of phenolic OH excluding ortho intramolecular Hbond substituents is 1. The first-order chi connectivity index (χ1) is 11.6. The largest absolute Gasteiger partial charge is 0.508 e. The fraction of sp³-hybridized carbons (Fsp3) is 0.167. The lowest BCUT2D eigenvalue weighted by atomic mass is 10.0. The van der Waals surface area contributed by atoms with E-state index in [1.54, 1.807) is 18.2 Å². The van der Waals surface area contributed by atoms with Crippen LogP contribution < -0.4 is 14.9 Å². The minimum absolute atomic E-state index is 0.0238. The minimum atomic E-state index is -0.467. The van der Waals surface area contributed by atoms with Crippen LogP contribution in [-0.4, -0.2) is 24.4 Å². The van der Waals surface area contributed by atoms with Gasteiger partial charge in [-0.15, -0.1) is 0 Å². The third-order valence-corrected chi connectivity index (χ3v) is 3.77. The zero-order valence-electron chi connectivity index (χ0n) is 13.2. The average molecular weight is 328 g/mol. The second-order valence-electron chi connectivity index (χ2n) is 5.13. The van der Waals surface area contributed by atoms with Crippen molar-refractivity contribution in [3.05, 3.63) is 52.4 Å². The highest BCUT2D eigenvalue weighted by Gasteiger charge is 2.19. The number of aromatic hydroxyl groups is 1. The maximum absolute atomic E-state index is 12.9. The molecule has 124 valence electrons. The summed E-state index contributed by atoms with van der Waals surface area (Å²) in [6.45, 7) is -0.467. The predicted molar refractivity (Wildman–Crippen MR) is 88.6 cm³/mol. The maximum Gasteiger partial charge on any atom is 0.201 e. The number of hydrogen-bond acceptors (Lipinski definition) is 6. The molecule has 0 saturated heterocycles. The molecule has 0 saturated carbocycles. The van der Waals surface area contributed by atoms with Gasteiger partial charge >= 0.3 is 0 Å². The van der Waals surface area contributed by atoms with Crippen LogP contribution in [0.5, 0.6) is 17.2 Å². The van der Waals surface area contributed by atoms with Crippen molar-refractivity contribution in [2.24, 2.45) is 0 Å². The quantitative estimate of drug-likeness (QED) is 0.765. The van der Waals surface area contributed by atoms with Crippen LogP contribution in [0.3, 0.4) is 0 Å². The van der Waals surface area contributed by atoms with E-state index in [2.05, 4.69) is 0 Å². The number of methoxy groups -OCH3 is 2. The summed E-state index contributed by atoms with van der Waals surface area (Å²) < 4.78 is 16.1. The number of aliphatic hydroxyl groups excluding tert-OH is 1. The molecule has 2 N–H and O–H groups in total. The summed E-state index contributed by atoms with van der Waals surface area (Å²) in [7, 11) is 3.02. The van der Waals surface area contributed by atoms with Gasteiger partial charge in [-0.1, -0.05) is 0 Å². The Hall–Kier alpha value is -2.99. The smallest absolute Gasteiger partial charge is 0.201 e. The van der Waals surface area contributed by atoms with Gasteiger partial charge in [-0.25, -0.2) is 0 Å². The molecule has 3 aromatic rings. The third kappa shape index (κ3) is 2.57. The van der Waals surface area contributed by atoms with Crippen molar-refractivity contribution in [3.8, 4) is 28.4 Å². The van der Waals surface area contributed by atoms with Gasteiger partial charge in [-0.05, 0) is 24.3 Å². The number of phenols is 1. The fourth-order valence-electron chi connectivity index (χ4n) is 2.62. The Balaban J connectivity index is 2.35. The zero-order valence-corrected chi connectivity index (χ0v) is 13.2. The lowest BCUT2D eigenvalue weighted by molar-refractivity contribution is 0.249. The summed E-state index contributed by atoms with van der Waals surface area (Å²) in [6, 6.07) is 9.25. The van der Waals surface area contributed by atoms with Gasteiger partial charge in [-0.3, -0.25) is 4.79 Å². The highest BCUT2D eigenvalue weighted by Crippen LogP contribution is 2.35. The second-order valence-corrected chi connectivity index (χ2v) is 5.13. The first kappa shape index (κ1) is 15.9. The summed E-state index contributed by atoms with van der Waals surface area (Å²) >= 11 is 0. The lowest BCUT2D eigenvalue weighted by Gasteiger charge is -2.13. The molecule has 0 atom stereocenters. The molecule has 0 amide bonds. The first-order valence-electron chi connectivity index (χ1n) is 7.21. The summed E-state index contributed by atoms with van der Waals surface area (Å²) in [6.07, 6.45) is 0. The molecule has 0 fully saturated rings. The van der Waals surface area contributed by atoms with Crippen LogP contribution in [0.1, 0.15) is 5.76 Å². The van der Waals surface area contributed by atoms with Crippen LogP contribution >= 0.6 is 0 Å². The summed E-state index contributed by atoms with van der Waals surface area (Å²) in [5, 5.41) is 19.5. The molecule has 3 rings (SSSR count). The molecular weight excluding hydrogens is 312 g/mol. The molecular formula is C18H16O6. The van der Waals surface area contributed by atoms with E-state index in [1.807, 2.05) is 0 Å².